The number of halogens is 2. The van der Waals surface area contributed by atoms with Gasteiger partial charge in [0.25, 0.3) is 0 Å². The second-order valence-electron chi connectivity index (χ2n) is 13.8. The zero-order valence-corrected chi connectivity index (χ0v) is 34.5. The zero-order valence-electron chi connectivity index (χ0n) is 32.9. The predicted molar refractivity (Wildman–Crippen MR) is 221 cm³/mol. The highest BCUT2D eigenvalue weighted by Crippen LogP contribution is 2.22. The molecule has 0 saturated heterocycles. The van der Waals surface area contributed by atoms with E-state index in [1.807, 2.05) is 18.2 Å². The molecule has 2 aromatic heterocycles. The van der Waals surface area contributed by atoms with Crippen LogP contribution in [0, 0.1) is 0 Å². The highest BCUT2D eigenvalue weighted by Gasteiger charge is 2.32. The molecule has 2 atom stereocenters. The number of ether oxygens (including phenoxy) is 4. The Balaban J connectivity index is 0.00000930. The number of hydrogen-bond donors (Lipinski definition) is 4. The number of carbonyl (C=O) groups is 5. The molecule has 4 rings (SSSR count). The van der Waals surface area contributed by atoms with Crippen LogP contribution in [-0.2, 0) is 53.1 Å². The van der Waals surface area contributed by atoms with Crippen LogP contribution in [0.4, 0.5) is 21.4 Å². The molecule has 3 amide bonds. The van der Waals surface area contributed by atoms with Crippen molar-refractivity contribution in [3.63, 3.8) is 0 Å². The minimum absolute atomic E-state index is 0. The van der Waals surface area contributed by atoms with E-state index in [1.54, 1.807) is 57.2 Å². The number of esters is 2. The van der Waals surface area contributed by atoms with E-state index in [-0.39, 0.29) is 87.5 Å². The number of benzene rings is 2. The van der Waals surface area contributed by atoms with Gasteiger partial charge in [0.2, 0.25) is 11.9 Å². The fraction of sp³-hybridized carbons (Fsp3) is 0.385. The number of aromatic nitrogens is 4. The van der Waals surface area contributed by atoms with Crippen LogP contribution in [0.15, 0.2) is 73.6 Å². The van der Waals surface area contributed by atoms with Gasteiger partial charge in [-0.2, -0.15) is 9.97 Å². The molecule has 0 saturated carbocycles. The minimum Gasteiger partial charge on any atom is -0.460 e. The molecule has 0 aliphatic heterocycles. The number of anilines is 2. The molecule has 1 unspecified atom stereocenters. The van der Waals surface area contributed by atoms with E-state index in [1.165, 1.54) is 21.9 Å². The van der Waals surface area contributed by atoms with Crippen LogP contribution in [0.3, 0.4) is 0 Å². The van der Waals surface area contributed by atoms with Gasteiger partial charge >= 0.3 is 24.1 Å². The number of carbonyl (C=O) groups excluding carboxylic acids is 5. The molecule has 0 aliphatic rings. The van der Waals surface area contributed by atoms with Crippen molar-refractivity contribution in [2.75, 3.05) is 30.7 Å². The number of nitrogens with two attached hydrogens (primary N) is 2. The predicted octanol–water partition coefficient (Wildman–Crippen LogP) is 4.92. The molecule has 0 bridgehead atoms. The van der Waals surface area contributed by atoms with Gasteiger partial charge in [-0.25, -0.2) is 19.4 Å². The normalized spacial score (nSPS) is 11.9. The molecule has 0 spiro atoms. The molecule has 6 N–H and O–H groups in total. The van der Waals surface area contributed by atoms with Gasteiger partial charge < -0.3 is 45.2 Å². The van der Waals surface area contributed by atoms with Gasteiger partial charge in [0, 0.05) is 23.7 Å². The fourth-order valence-electron chi connectivity index (χ4n) is 5.46. The van der Waals surface area contributed by atoms with Crippen LogP contribution >= 0.6 is 24.0 Å². The number of nitrogens with zero attached hydrogens (tertiary/aromatic N) is 5. The maximum atomic E-state index is 14.2. The largest absolute Gasteiger partial charge is 0.460 e. The third kappa shape index (κ3) is 15.0. The summed E-state index contributed by atoms with van der Waals surface area (Å²) in [5.41, 5.74) is 12.9. The Morgan fingerprint density at radius 3 is 2.36 bits per heavy atom. The number of nitrogens with one attached hydrogen (secondary N) is 2. The van der Waals surface area contributed by atoms with E-state index in [4.69, 9.17) is 42.0 Å². The van der Waals surface area contributed by atoms with Gasteiger partial charge in [0.05, 0.1) is 6.33 Å². The van der Waals surface area contributed by atoms with Gasteiger partial charge in [-0.1, -0.05) is 72.8 Å². The van der Waals surface area contributed by atoms with E-state index in [2.05, 4.69) is 32.2 Å². The third-order valence-electron chi connectivity index (χ3n) is 8.18. The number of imidazole rings is 1. The fourth-order valence-corrected chi connectivity index (χ4v) is 5.65. The first-order chi connectivity index (χ1) is 27.6. The molecular weight excluding hydrogens is 809 g/mol. The first kappa shape index (κ1) is 47.4. The van der Waals surface area contributed by atoms with Crippen LogP contribution in [0.25, 0.3) is 11.2 Å². The lowest BCUT2D eigenvalue weighted by Gasteiger charge is -2.31. The van der Waals surface area contributed by atoms with Gasteiger partial charge in [0.1, 0.15) is 44.1 Å². The van der Waals surface area contributed by atoms with E-state index in [0.29, 0.717) is 10.6 Å². The molecule has 2 aromatic carbocycles. The van der Waals surface area contributed by atoms with Crippen molar-refractivity contribution in [3.8, 4) is 0 Å². The van der Waals surface area contributed by atoms with Crippen molar-refractivity contribution in [2.45, 2.75) is 77.5 Å². The second-order valence-corrected chi connectivity index (χ2v) is 14.3. The maximum Gasteiger partial charge on any atom is 0.413 e. The van der Waals surface area contributed by atoms with E-state index >= 15 is 0 Å². The zero-order chi connectivity index (χ0) is 42.2. The third-order valence-corrected chi connectivity index (χ3v) is 8.54. The minimum atomic E-state index is -1.20. The average molecular weight is 859 g/mol. The van der Waals surface area contributed by atoms with Crippen molar-refractivity contribution >= 4 is 77.0 Å². The first-order valence-corrected chi connectivity index (χ1v) is 18.7. The summed E-state index contributed by atoms with van der Waals surface area (Å²) in [6.45, 7) is 7.77. The molecule has 0 radical (unpaired) electrons. The van der Waals surface area contributed by atoms with Crippen molar-refractivity contribution < 1.29 is 42.9 Å². The summed E-state index contributed by atoms with van der Waals surface area (Å²) in [5.74, 6) is -2.33. The average Bonchev–Trinajstić information content (AvgIpc) is 3.57. The SMILES string of the molecule is C=CCOC(=O)[C@H](CCCC(N)C(=O)OCc1ccccc1Cl)N(CCNC(=O)OC(C)(C)C)C(=O)Cn1cnc2c(NC(=O)OCc3ccccc3)nc(N)nc21.Cl. The monoisotopic (exact) mass is 857 g/mol. The topological polar surface area (TPSA) is 245 Å². The molecule has 318 valence electrons. The van der Waals surface area contributed by atoms with E-state index in [9.17, 15) is 24.0 Å². The molecule has 0 fully saturated rings. The van der Waals surface area contributed by atoms with Crippen molar-refractivity contribution in [1.82, 2.24) is 29.7 Å². The smallest absolute Gasteiger partial charge is 0.413 e. The summed E-state index contributed by atoms with van der Waals surface area (Å²) in [4.78, 5) is 79.6. The Hall–Kier alpha value is -5.98. The van der Waals surface area contributed by atoms with Crippen LogP contribution < -0.4 is 22.1 Å². The molecule has 20 heteroatoms. The van der Waals surface area contributed by atoms with Gasteiger partial charge in [-0.15, -0.1) is 12.4 Å². The first-order valence-electron chi connectivity index (χ1n) is 18.3. The maximum absolute atomic E-state index is 14.2. The summed E-state index contributed by atoms with van der Waals surface area (Å²) >= 11 is 6.17. The molecule has 2 heterocycles. The molecule has 4 aromatic rings. The number of alkyl carbamates (subject to hydrolysis) is 1. The summed E-state index contributed by atoms with van der Waals surface area (Å²) in [5, 5.41) is 5.56. The quantitative estimate of drug-likeness (QED) is 0.0556. The van der Waals surface area contributed by atoms with Crippen LogP contribution in [0.2, 0.25) is 5.02 Å². The van der Waals surface area contributed by atoms with Crippen molar-refractivity contribution in [3.05, 3.63) is 89.7 Å². The lowest BCUT2D eigenvalue weighted by molar-refractivity contribution is -0.155. The summed E-state index contributed by atoms with van der Waals surface area (Å²) in [7, 11) is 0. The number of rotatable bonds is 19. The van der Waals surface area contributed by atoms with Crippen LogP contribution in [0.5, 0.6) is 0 Å². The Bertz CT molecular complexity index is 2060. The highest BCUT2D eigenvalue weighted by atomic mass is 35.5. The molecular formula is C39H49Cl2N9O9. The number of amides is 3. The highest BCUT2D eigenvalue weighted by molar-refractivity contribution is 6.31. The summed E-state index contributed by atoms with van der Waals surface area (Å²) < 4.78 is 22.8. The Morgan fingerprint density at radius 2 is 1.66 bits per heavy atom. The standard InChI is InChI=1S/C39H48ClN9O9.ClH/c1-5-20-55-35(52)29(17-11-16-28(41)34(51)56-23-26-14-9-10-15-27(26)40)49(19-18-43-37(53)58-39(2,3)4)30(50)21-48-24-44-31-32(45-36(42)47-33(31)48)46-38(54)57-22-25-12-7-6-8-13-25;/h5-10,12-15,24,28-29H,1,11,16-23,41H2,2-4H3,(H,43,53)(H3,42,45,46,47,54);1H/t28?,29-;/m0./s1. The van der Waals surface area contributed by atoms with E-state index < -0.39 is 54.3 Å². The van der Waals surface area contributed by atoms with Crippen LogP contribution in [0.1, 0.15) is 51.2 Å². The molecule has 18 nitrogen and oxygen atoms in total. The van der Waals surface area contributed by atoms with Crippen LogP contribution in [-0.4, -0.2) is 91.8 Å². The lowest BCUT2D eigenvalue weighted by atomic mass is 10.0. The van der Waals surface area contributed by atoms with Gasteiger partial charge in [-0.05, 0) is 51.7 Å². The summed E-state index contributed by atoms with van der Waals surface area (Å²) in [6.07, 6.45) is 1.41. The number of fused-ring (bicyclic) bond motifs is 1. The van der Waals surface area contributed by atoms with Gasteiger partial charge in [-0.3, -0.25) is 14.9 Å². The Kier molecular flexibility index (Phi) is 18.3. The Labute approximate surface area is 352 Å². The van der Waals surface area contributed by atoms with Crippen molar-refractivity contribution in [2.24, 2.45) is 5.73 Å². The van der Waals surface area contributed by atoms with E-state index in [0.717, 1.165) is 5.56 Å². The van der Waals surface area contributed by atoms with Crippen molar-refractivity contribution in [1.29, 1.82) is 0 Å². The second kappa shape index (κ2) is 22.8. The summed E-state index contributed by atoms with van der Waals surface area (Å²) in [6, 6.07) is 13.7. The number of nitrogen functional groups attached to an aromatic ring is 1. The lowest BCUT2D eigenvalue weighted by Crippen LogP contribution is -2.50. The Morgan fingerprint density at radius 1 is 0.949 bits per heavy atom. The molecule has 59 heavy (non-hydrogen) atoms. The number of hydrogen-bond acceptors (Lipinski definition) is 14. The molecule has 0 aliphatic carbocycles. The van der Waals surface area contributed by atoms with Gasteiger partial charge in [0.15, 0.2) is 17.0 Å².